The van der Waals surface area contributed by atoms with Crippen molar-refractivity contribution in [3.05, 3.63) is 89.2 Å². The van der Waals surface area contributed by atoms with E-state index in [4.69, 9.17) is 14.6 Å². The van der Waals surface area contributed by atoms with Crippen LogP contribution in [0, 0.1) is 5.82 Å². The van der Waals surface area contributed by atoms with Gasteiger partial charge >= 0.3 is 18.2 Å². The fourth-order valence-electron chi connectivity index (χ4n) is 4.79. The highest BCUT2D eigenvalue weighted by Crippen LogP contribution is 2.44. The summed E-state index contributed by atoms with van der Waals surface area (Å²) in [6, 6.07) is 20.2. The zero-order valence-corrected chi connectivity index (χ0v) is 22.8. The quantitative estimate of drug-likeness (QED) is 0.305. The van der Waals surface area contributed by atoms with Crippen LogP contribution in [0.3, 0.4) is 0 Å². The molecule has 210 valence electrons. The molecule has 0 bridgehead atoms. The molecule has 2 N–H and O–H groups in total. The van der Waals surface area contributed by atoms with Crippen LogP contribution in [0.25, 0.3) is 11.1 Å². The van der Waals surface area contributed by atoms with Crippen molar-refractivity contribution in [3.8, 4) is 11.1 Å². The molecule has 1 aliphatic carbocycles. The SMILES string of the molecule is CC(C)(C)OC(=O)Nc1c(F)cccc1CN(CCCC(=O)O)C(=O)OCC1c2ccccc2-c2ccccc21. The molecule has 8 nitrogen and oxygen atoms in total. The molecule has 0 aromatic heterocycles. The third-order valence-corrected chi connectivity index (χ3v) is 6.50. The molecule has 0 fully saturated rings. The van der Waals surface area contributed by atoms with E-state index >= 15 is 0 Å². The maximum Gasteiger partial charge on any atom is 0.412 e. The summed E-state index contributed by atoms with van der Waals surface area (Å²) in [4.78, 5) is 38.2. The zero-order valence-electron chi connectivity index (χ0n) is 22.8. The van der Waals surface area contributed by atoms with Gasteiger partial charge < -0.3 is 19.5 Å². The largest absolute Gasteiger partial charge is 0.481 e. The number of hydrogen-bond acceptors (Lipinski definition) is 5. The smallest absolute Gasteiger partial charge is 0.412 e. The van der Waals surface area contributed by atoms with Crippen molar-refractivity contribution in [3.63, 3.8) is 0 Å². The van der Waals surface area contributed by atoms with Crippen molar-refractivity contribution in [1.82, 2.24) is 4.90 Å². The van der Waals surface area contributed by atoms with E-state index < -0.39 is 29.6 Å². The lowest BCUT2D eigenvalue weighted by Crippen LogP contribution is -2.34. The number of carboxylic acid groups (broad SMARTS) is 1. The van der Waals surface area contributed by atoms with Gasteiger partial charge in [0.2, 0.25) is 0 Å². The summed E-state index contributed by atoms with van der Waals surface area (Å²) < 4.78 is 25.8. The number of para-hydroxylation sites is 1. The molecule has 9 heteroatoms. The number of nitrogens with one attached hydrogen (secondary N) is 1. The second-order valence-electron chi connectivity index (χ2n) is 10.6. The first kappa shape index (κ1) is 28.6. The molecular formula is C31H33FN2O6. The molecule has 3 aromatic rings. The molecule has 0 atom stereocenters. The number of carbonyl (C=O) groups is 3. The van der Waals surface area contributed by atoms with Crippen LogP contribution in [0.5, 0.6) is 0 Å². The third-order valence-electron chi connectivity index (χ3n) is 6.50. The van der Waals surface area contributed by atoms with Gasteiger partial charge in [0, 0.05) is 18.9 Å². The number of carboxylic acids is 1. The predicted octanol–water partition coefficient (Wildman–Crippen LogP) is 6.79. The molecule has 0 radical (unpaired) electrons. The normalized spacial score (nSPS) is 12.3. The Hall–Kier alpha value is -4.40. The number of hydrogen-bond donors (Lipinski definition) is 2. The Morgan fingerprint density at radius 3 is 2.17 bits per heavy atom. The summed E-state index contributed by atoms with van der Waals surface area (Å²) >= 11 is 0. The summed E-state index contributed by atoms with van der Waals surface area (Å²) in [5.41, 5.74) is 3.71. The van der Waals surface area contributed by atoms with Gasteiger partial charge in [0.15, 0.2) is 0 Å². The molecule has 4 rings (SSSR count). The van der Waals surface area contributed by atoms with E-state index in [2.05, 4.69) is 5.32 Å². The zero-order chi connectivity index (χ0) is 28.9. The van der Waals surface area contributed by atoms with E-state index in [0.29, 0.717) is 5.56 Å². The van der Waals surface area contributed by atoms with Gasteiger partial charge in [-0.2, -0.15) is 0 Å². The molecule has 1 aliphatic rings. The third kappa shape index (κ3) is 6.97. The molecular weight excluding hydrogens is 515 g/mol. The van der Waals surface area contributed by atoms with Gasteiger partial charge in [0.1, 0.15) is 18.0 Å². The number of nitrogens with zero attached hydrogens (tertiary/aromatic N) is 1. The van der Waals surface area contributed by atoms with Crippen LogP contribution >= 0.6 is 0 Å². The van der Waals surface area contributed by atoms with E-state index in [1.807, 2.05) is 48.5 Å². The Morgan fingerprint density at radius 1 is 0.950 bits per heavy atom. The molecule has 40 heavy (non-hydrogen) atoms. The van der Waals surface area contributed by atoms with Gasteiger partial charge in [-0.05, 0) is 61.1 Å². The van der Waals surface area contributed by atoms with Gasteiger partial charge in [-0.15, -0.1) is 0 Å². The average molecular weight is 549 g/mol. The van der Waals surface area contributed by atoms with E-state index in [1.54, 1.807) is 26.8 Å². The van der Waals surface area contributed by atoms with Crippen LogP contribution in [0.15, 0.2) is 66.7 Å². The molecule has 2 amide bonds. The highest BCUT2D eigenvalue weighted by molar-refractivity contribution is 5.86. The van der Waals surface area contributed by atoms with Crippen molar-refractivity contribution in [2.75, 3.05) is 18.5 Å². The number of halogens is 1. The van der Waals surface area contributed by atoms with E-state index in [0.717, 1.165) is 22.3 Å². The lowest BCUT2D eigenvalue weighted by Gasteiger charge is -2.25. The van der Waals surface area contributed by atoms with Crippen LogP contribution in [0.1, 0.15) is 56.2 Å². The van der Waals surface area contributed by atoms with Gasteiger partial charge in [-0.25, -0.2) is 14.0 Å². The monoisotopic (exact) mass is 548 g/mol. The van der Waals surface area contributed by atoms with Crippen molar-refractivity contribution < 1.29 is 33.4 Å². The molecule has 0 saturated carbocycles. The number of carbonyl (C=O) groups excluding carboxylic acids is 2. The van der Waals surface area contributed by atoms with Crippen molar-refractivity contribution >= 4 is 23.8 Å². The first-order valence-corrected chi connectivity index (χ1v) is 13.1. The van der Waals surface area contributed by atoms with E-state index in [1.165, 1.54) is 17.0 Å². The Labute approximate surface area is 232 Å². The minimum atomic E-state index is -0.995. The number of aliphatic carboxylic acids is 1. The van der Waals surface area contributed by atoms with Gasteiger partial charge in [-0.3, -0.25) is 10.1 Å². The molecule has 0 unspecified atom stereocenters. The number of ether oxygens (including phenoxy) is 2. The predicted molar refractivity (Wildman–Crippen MR) is 149 cm³/mol. The van der Waals surface area contributed by atoms with Gasteiger partial charge in [-0.1, -0.05) is 60.7 Å². The Bertz CT molecular complexity index is 1360. The first-order valence-electron chi connectivity index (χ1n) is 13.1. The number of fused-ring (bicyclic) bond motifs is 3. The molecule has 3 aromatic carbocycles. The summed E-state index contributed by atoms with van der Waals surface area (Å²) in [6.45, 7) is 5.10. The van der Waals surface area contributed by atoms with E-state index in [-0.39, 0.29) is 44.1 Å². The Kier molecular flexibility index (Phi) is 8.72. The van der Waals surface area contributed by atoms with Crippen molar-refractivity contribution in [2.45, 2.75) is 51.7 Å². The van der Waals surface area contributed by atoms with Crippen LogP contribution in [0.2, 0.25) is 0 Å². The number of anilines is 1. The fourth-order valence-corrected chi connectivity index (χ4v) is 4.79. The number of amides is 2. The first-order chi connectivity index (χ1) is 19.0. The maximum atomic E-state index is 14.8. The summed E-state index contributed by atoms with van der Waals surface area (Å²) in [5, 5.41) is 11.6. The van der Waals surface area contributed by atoms with Crippen LogP contribution in [-0.2, 0) is 20.8 Å². The van der Waals surface area contributed by atoms with Crippen molar-refractivity contribution in [2.24, 2.45) is 0 Å². The fraction of sp³-hybridized carbons (Fsp3) is 0.323. The summed E-state index contributed by atoms with van der Waals surface area (Å²) in [6.07, 6.45) is -1.49. The minimum Gasteiger partial charge on any atom is -0.481 e. The standard InChI is InChI=1S/C31H33FN2O6/c1-31(2,3)40-29(37)33-28-20(10-8-15-26(28)32)18-34(17-9-16-27(35)36)30(38)39-19-25-23-13-6-4-11-21(23)22-12-5-7-14-24(22)25/h4-8,10-15,25H,9,16-19H2,1-3H3,(H,33,37)(H,35,36). The van der Waals surface area contributed by atoms with Crippen molar-refractivity contribution in [1.29, 1.82) is 0 Å². The molecule has 0 spiro atoms. The van der Waals surface area contributed by atoms with Gasteiger partial charge in [0.05, 0.1) is 12.2 Å². The highest BCUT2D eigenvalue weighted by Gasteiger charge is 2.30. The Balaban J connectivity index is 1.53. The minimum absolute atomic E-state index is 0.0609. The second kappa shape index (κ2) is 12.2. The Morgan fingerprint density at radius 2 is 1.57 bits per heavy atom. The summed E-state index contributed by atoms with van der Waals surface area (Å²) in [5.74, 6) is -1.84. The molecule has 0 heterocycles. The van der Waals surface area contributed by atoms with Gasteiger partial charge in [0.25, 0.3) is 0 Å². The second-order valence-corrected chi connectivity index (χ2v) is 10.6. The van der Waals surface area contributed by atoms with E-state index in [9.17, 15) is 18.8 Å². The average Bonchev–Trinajstić information content (AvgIpc) is 3.21. The molecule has 0 saturated heterocycles. The van der Waals surface area contributed by atoms with Crippen LogP contribution in [0.4, 0.5) is 19.7 Å². The van der Waals surface area contributed by atoms with Crippen LogP contribution < -0.4 is 5.32 Å². The highest BCUT2D eigenvalue weighted by atomic mass is 19.1. The molecule has 0 aliphatic heterocycles. The number of benzene rings is 3. The summed E-state index contributed by atoms with van der Waals surface area (Å²) in [7, 11) is 0. The number of rotatable bonds is 9. The lowest BCUT2D eigenvalue weighted by molar-refractivity contribution is -0.137. The van der Waals surface area contributed by atoms with Crippen LogP contribution in [-0.4, -0.2) is 46.9 Å². The lowest BCUT2D eigenvalue weighted by atomic mass is 9.98. The topological polar surface area (TPSA) is 105 Å². The maximum absolute atomic E-state index is 14.8.